The van der Waals surface area contributed by atoms with E-state index in [4.69, 9.17) is 4.74 Å². The molecule has 3 aromatic carbocycles. The molecule has 6 heteroatoms. The van der Waals surface area contributed by atoms with Gasteiger partial charge in [-0.1, -0.05) is 54.6 Å². The molecule has 1 fully saturated rings. The van der Waals surface area contributed by atoms with Crippen LogP contribution in [0.15, 0.2) is 83.8 Å². The summed E-state index contributed by atoms with van der Waals surface area (Å²) in [6.07, 6.45) is 6.03. The summed E-state index contributed by atoms with van der Waals surface area (Å²) in [5.41, 5.74) is 4.28. The molecule has 2 aliphatic rings. The summed E-state index contributed by atoms with van der Waals surface area (Å²) in [5, 5.41) is 3.28. The van der Waals surface area contributed by atoms with E-state index in [2.05, 4.69) is 58.0 Å². The van der Waals surface area contributed by atoms with Crippen LogP contribution >= 0.6 is 11.9 Å². The average molecular weight is 544 g/mol. The number of likely N-dealkylation sites (N-methyl/N-ethyl adjacent to an activating group) is 1. The lowest BCUT2D eigenvalue weighted by molar-refractivity contribution is -0.121. The molecule has 1 aliphatic heterocycles. The van der Waals surface area contributed by atoms with Crippen molar-refractivity contribution in [2.75, 3.05) is 40.3 Å². The number of ether oxygens (including phenoxy) is 1. The normalized spacial score (nSPS) is 19.7. The first-order valence-electron chi connectivity index (χ1n) is 14.2. The molecule has 5 nitrogen and oxygen atoms in total. The Morgan fingerprint density at radius 1 is 1.03 bits per heavy atom. The summed E-state index contributed by atoms with van der Waals surface area (Å²) in [4.78, 5) is 16.4. The number of carbonyl (C=O) groups is 1. The lowest BCUT2D eigenvalue weighted by Gasteiger charge is -2.38. The second-order valence-electron chi connectivity index (χ2n) is 11.1. The Morgan fingerprint density at radius 2 is 1.74 bits per heavy atom. The highest BCUT2D eigenvalue weighted by Crippen LogP contribution is 2.43. The molecule has 1 atom stereocenters. The van der Waals surface area contributed by atoms with Crippen LogP contribution in [0.2, 0.25) is 0 Å². The van der Waals surface area contributed by atoms with E-state index >= 15 is 0 Å². The first-order chi connectivity index (χ1) is 19.0. The van der Waals surface area contributed by atoms with Gasteiger partial charge in [0.05, 0.1) is 13.5 Å². The number of methoxy groups -OCH3 is 1. The van der Waals surface area contributed by atoms with Gasteiger partial charge in [-0.2, -0.15) is 0 Å². The van der Waals surface area contributed by atoms with E-state index in [0.29, 0.717) is 6.42 Å². The smallest absolute Gasteiger partial charge is 0.224 e. The molecule has 206 valence electrons. The molecule has 0 aromatic heterocycles. The van der Waals surface area contributed by atoms with Gasteiger partial charge in [-0.15, -0.1) is 0 Å². The molecule has 1 saturated heterocycles. The van der Waals surface area contributed by atoms with Crippen molar-refractivity contribution in [3.05, 3.63) is 95.6 Å². The van der Waals surface area contributed by atoms with Crippen LogP contribution in [0.5, 0.6) is 5.75 Å². The standard InChI is InChI=1S/C33H41N3O2S/c1-35(39-30-14-12-29(38-2)13-15-30)25-33(19-16-27-10-6-7-11-31(27)33)20-23-36-21-17-28(18-22-36)34-32(37)24-26-8-4-3-5-9-26/h3-15,28H,16-25H2,1-2H3,(H,34,37). The van der Waals surface area contributed by atoms with Gasteiger partial charge in [0.25, 0.3) is 0 Å². The number of fused-ring (bicyclic) bond motifs is 1. The predicted octanol–water partition coefficient (Wildman–Crippen LogP) is 5.73. The molecular formula is C33H41N3O2S. The van der Waals surface area contributed by atoms with Crippen molar-refractivity contribution >= 4 is 17.9 Å². The average Bonchev–Trinajstić information content (AvgIpc) is 3.32. The lowest BCUT2D eigenvalue weighted by atomic mass is 9.78. The third kappa shape index (κ3) is 7.24. The van der Waals surface area contributed by atoms with Gasteiger partial charge >= 0.3 is 0 Å². The molecule has 1 heterocycles. The van der Waals surface area contributed by atoms with Crippen LogP contribution in [0.3, 0.4) is 0 Å². The molecule has 5 rings (SSSR count). The van der Waals surface area contributed by atoms with Crippen molar-refractivity contribution in [1.29, 1.82) is 0 Å². The number of rotatable bonds is 11. The molecule has 1 aliphatic carbocycles. The second-order valence-corrected chi connectivity index (χ2v) is 12.4. The molecule has 1 amide bonds. The van der Waals surface area contributed by atoms with Crippen molar-refractivity contribution in [2.24, 2.45) is 0 Å². The summed E-state index contributed by atoms with van der Waals surface area (Å²) in [6.45, 7) is 4.21. The summed E-state index contributed by atoms with van der Waals surface area (Å²) in [7, 11) is 3.93. The maximum atomic E-state index is 12.5. The highest BCUT2D eigenvalue weighted by atomic mass is 32.2. The lowest BCUT2D eigenvalue weighted by Crippen LogP contribution is -2.46. The molecule has 0 bridgehead atoms. The van der Waals surface area contributed by atoms with E-state index in [0.717, 1.165) is 63.2 Å². The van der Waals surface area contributed by atoms with E-state index in [9.17, 15) is 4.79 Å². The summed E-state index contributed by atoms with van der Waals surface area (Å²) < 4.78 is 7.74. The maximum Gasteiger partial charge on any atom is 0.224 e. The SMILES string of the molecule is COc1ccc(SN(C)CC2(CCN3CCC(NC(=O)Cc4ccccc4)CC3)CCc3ccccc32)cc1. The Hall–Kier alpha value is -2.80. The van der Waals surface area contributed by atoms with E-state index in [1.54, 1.807) is 7.11 Å². The van der Waals surface area contributed by atoms with Crippen LogP contribution in [0.4, 0.5) is 0 Å². The number of hydrogen-bond acceptors (Lipinski definition) is 5. The van der Waals surface area contributed by atoms with Crippen LogP contribution in [0.1, 0.15) is 42.4 Å². The number of hydrogen-bond donors (Lipinski definition) is 1. The number of nitrogens with one attached hydrogen (secondary N) is 1. The van der Waals surface area contributed by atoms with Crippen molar-refractivity contribution in [3.63, 3.8) is 0 Å². The van der Waals surface area contributed by atoms with E-state index in [1.165, 1.54) is 22.4 Å². The quantitative estimate of drug-likeness (QED) is 0.313. The third-order valence-electron chi connectivity index (χ3n) is 8.37. The van der Waals surface area contributed by atoms with Crippen LogP contribution in [-0.4, -0.2) is 61.5 Å². The first-order valence-corrected chi connectivity index (χ1v) is 15.0. The minimum Gasteiger partial charge on any atom is -0.497 e. The van der Waals surface area contributed by atoms with Gasteiger partial charge < -0.3 is 15.0 Å². The molecule has 0 saturated carbocycles. The van der Waals surface area contributed by atoms with Crippen molar-refractivity contribution in [1.82, 2.24) is 14.5 Å². The van der Waals surface area contributed by atoms with Crippen LogP contribution < -0.4 is 10.1 Å². The number of aryl methyl sites for hydroxylation is 1. The van der Waals surface area contributed by atoms with Crippen LogP contribution in [0, 0.1) is 0 Å². The molecule has 3 aromatic rings. The number of carbonyl (C=O) groups excluding carboxylic acids is 1. The fourth-order valence-corrected chi connectivity index (χ4v) is 7.20. The zero-order valence-electron chi connectivity index (χ0n) is 23.3. The van der Waals surface area contributed by atoms with Gasteiger partial charge in [-0.05, 0) is 98.6 Å². The van der Waals surface area contributed by atoms with Gasteiger partial charge in [0.15, 0.2) is 0 Å². The topological polar surface area (TPSA) is 44.8 Å². The molecule has 39 heavy (non-hydrogen) atoms. The number of likely N-dealkylation sites (tertiary alicyclic amines) is 1. The second kappa shape index (κ2) is 13.0. The van der Waals surface area contributed by atoms with Gasteiger partial charge in [-0.3, -0.25) is 4.79 Å². The summed E-state index contributed by atoms with van der Waals surface area (Å²) in [6, 6.07) is 27.7. The largest absolute Gasteiger partial charge is 0.497 e. The van der Waals surface area contributed by atoms with Crippen molar-refractivity contribution in [3.8, 4) is 5.75 Å². The van der Waals surface area contributed by atoms with Gasteiger partial charge in [0, 0.05) is 36.0 Å². The van der Waals surface area contributed by atoms with E-state index < -0.39 is 0 Å². The fourth-order valence-electron chi connectivity index (χ4n) is 6.28. The predicted molar refractivity (Wildman–Crippen MR) is 160 cm³/mol. The summed E-state index contributed by atoms with van der Waals surface area (Å²) >= 11 is 1.81. The van der Waals surface area contributed by atoms with E-state index in [-0.39, 0.29) is 17.4 Å². The summed E-state index contributed by atoms with van der Waals surface area (Å²) in [5.74, 6) is 1.03. The molecular weight excluding hydrogens is 502 g/mol. The Labute approximate surface area is 238 Å². The Kier molecular flexibility index (Phi) is 9.28. The van der Waals surface area contributed by atoms with Crippen molar-refractivity contribution < 1.29 is 9.53 Å². The minimum atomic E-state index is 0.138. The number of benzene rings is 3. The molecule has 1 unspecified atom stereocenters. The van der Waals surface area contributed by atoms with Crippen molar-refractivity contribution in [2.45, 2.75) is 54.9 Å². The molecule has 0 spiro atoms. The minimum absolute atomic E-state index is 0.138. The number of piperidine rings is 1. The Balaban J connectivity index is 1.16. The number of nitrogens with zero attached hydrogens (tertiary/aromatic N) is 2. The Morgan fingerprint density at radius 3 is 2.49 bits per heavy atom. The first kappa shape index (κ1) is 27.8. The zero-order valence-corrected chi connectivity index (χ0v) is 24.1. The van der Waals surface area contributed by atoms with Crippen LogP contribution in [0.25, 0.3) is 0 Å². The van der Waals surface area contributed by atoms with Gasteiger partial charge in [0.1, 0.15) is 5.75 Å². The van der Waals surface area contributed by atoms with Gasteiger partial charge in [-0.25, -0.2) is 4.31 Å². The molecule has 0 radical (unpaired) electrons. The maximum absolute atomic E-state index is 12.5. The number of amides is 1. The Bertz CT molecular complexity index is 1210. The van der Waals surface area contributed by atoms with E-state index in [1.807, 2.05) is 54.4 Å². The fraction of sp³-hybridized carbons (Fsp3) is 0.424. The van der Waals surface area contributed by atoms with Crippen LogP contribution in [-0.2, 0) is 23.1 Å². The van der Waals surface area contributed by atoms with Gasteiger partial charge in [0.2, 0.25) is 5.91 Å². The highest BCUT2D eigenvalue weighted by molar-refractivity contribution is 7.97. The molecule has 1 N–H and O–H groups in total. The highest BCUT2D eigenvalue weighted by Gasteiger charge is 2.39. The monoisotopic (exact) mass is 543 g/mol. The third-order valence-corrected chi connectivity index (χ3v) is 9.30. The zero-order chi connectivity index (χ0) is 27.1.